The zero-order valence-electron chi connectivity index (χ0n) is 22.8. The molecule has 2 aliphatic heterocycles. The topological polar surface area (TPSA) is 108 Å². The second-order valence-corrected chi connectivity index (χ2v) is 12.0. The van der Waals surface area contributed by atoms with Gasteiger partial charge in [0.1, 0.15) is 11.8 Å². The number of aryl methyl sites for hydroxylation is 1. The van der Waals surface area contributed by atoms with Crippen molar-refractivity contribution in [1.82, 2.24) is 34.7 Å². The molecule has 2 aliphatic rings. The molecule has 0 unspecified atom stereocenters. The molecular weight excluding hydrogens is 529 g/mol. The molecule has 10 nitrogen and oxygen atoms in total. The van der Waals surface area contributed by atoms with E-state index in [1.54, 1.807) is 21.9 Å². The van der Waals surface area contributed by atoms with E-state index in [2.05, 4.69) is 55.1 Å². The van der Waals surface area contributed by atoms with Gasteiger partial charge in [-0.1, -0.05) is 0 Å². The Kier molecular flexibility index (Phi) is 7.39. The summed E-state index contributed by atoms with van der Waals surface area (Å²) in [6.45, 7) is 8.40. The highest BCUT2D eigenvalue weighted by Gasteiger charge is 2.28. The number of likely N-dealkylation sites (N-methyl/N-ethyl adjacent to an activating group) is 1. The number of anilines is 2. The minimum Gasteiger partial charge on any atom is -0.382 e. The van der Waals surface area contributed by atoms with Crippen LogP contribution in [0.15, 0.2) is 36.8 Å². The van der Waals surface area contributed by atoms with Gasteiger partial charge < -0.3 is 20.9 Å². The lowest BCUT2D eigenvalue weighted by atomic mass is 10.0. The van der Waals surface area contributed by atoms with Crippen LogP contribution in [0.5, 0.6) is 0 Å². The maximum Gasteiger partial charge on any atom is 0.261 e. The van der Waals surface area contributed by atoms with E-state index in [4.69, 9.17) is 5.73 Å². The molecule has 0 spiro atoms. The van der Waals surface area contributed by atoms with Gasteiger partial charge >= 0.3 is 0 Å². The first kappa shape index (κ1) is 26.6. The van der Waals surface area contributed by atoms with Gasteiger partial charge in [0.05, 0.1) is 16.3 Å². The normalized spacial score (nSPS) is 18.9. The first-order chi connectivity index (χ1) is 19.4. The molecule has 0 saturated carbocycles. The number of nitrogens with two attached hydrogens (primary N) is 1. The smallest absolute Gasteiger partial charge is 0.261 e. The van der Waals surface area contributed by atoms with Crippen LogP contribution in [0.25, 0.3) is 16.8 Å². The number of amides is 1. The lowest BCUT2D eigenvalue weighted by Crippen LogP contribution is -2.48. The summed E-state index contributed by atoms with van der Waals surface area (Å²) in [4.78, 5) is 30.4. The molecule has 3 N–H and O–H groups in total. The predicted molar refractivity (Wildman–Crippen MR) is 155 cm³/mol. The fourth-order valence-electron chi connectivity index (χ4n) is 5.75. The Balaban J connectivity index is 1.22. The second kappa shape index (κ2) is 11.1. The highest BCUT2D eigenvalue weighted by Crippen LogP contribution is 2.35. The van der Waals surface area contributed by atoms with Crippen LogP contribution in [-0.4, -0.2) is 87.6 Å². The summed E-state index contributed by atoms with van der Waals surface area (Å²) in [7, 11) is 2.15. The minimum absolute atomic E-state index is 0.00777. The molecular formula is C28H34FN9OS. The van der Waals surface area contributed by atoms with Gasteiger partial charge in [-0.25, -0.2) is 14.5 Å². The van der Waals surface area contributed by atoms with Crippen LogP contribution in [0.3, 0.4) is 0 Å². The van der Waals surface area contributed by atoms with Crippen molar-refractivity contribution in [3.8, 4) is 11.3 Å². The highest BCUT2D eigenvalue weighted by molar-refractivity contribution is 7.14. The number of nitrogens with zero attached hydrogens (tertiary/aromatic N) is 7. The van der Waals surface area contributed by atoms with Gasteiger partial charge in [-0.05, 0) is 50.6 Å². The zero-order chi connectivity index (χ0) is 27.8. The molecule has 6 rings (SSSR count). The molecule has 4 aromatic rings. The standard InChI is InChI=1S/C28H34FN9OS/c1-18-12-20(15-36-10-8-35(2)9-11-36)26(40-18)28(39)34-21-4-3-7-37(16-21)23-14-22(19-5-6-31-24(29)13-19)38-25(23)27(30)32-17-33-38/h5-6,12-14,17,21H,3-4,7-11,15-16H2,1-2H3,(H,34,39)(H2,30,32,33)/t21-/m1/s1. The van der Waals surface area contributed by atoms with Crippen LogP contribution in [0.1, 0.15) is 33.0 Å². The number of rotatable bonds is 6. The third-order valence-electron chi connectivity index (χ3n) is 7.81. The number of thiophene rings is 1. The third kappa shape index (κ3) is 5.38. The minimum atomic E-state index is -0.562. The van der Waals surface area contributed by atoms with Crippen LogP contribution in [0, 0.1) is 12.9 Å². The number of piperidine rings is 1. The lowest BCUT2D eigenvalue weighted by Gasteiger charge is -2.34. The summed E-state index contributed by atoms with van der Waals surface area (Å²) in [6, 6.07) is 7.23. The number of halogens is 1. The van der Waals surface area contributed by atoms with Gasteiger partial charge in [-0.2, -0.15) is 9.49 Å². The third-order valence-corrected chi connectivity index (χ3v) is 8.90. The quantitative estimate of drug-likeness (QED) is 0.345. The molecule has 0 aliphatic carbocycles. The van der Waals surface area contributed by atoms with Gasteiger partial charge in [0.15, 0.2) is 5.82 Å². The monoisotopic (exact) mass is 563 g/mol. The Morgan fingerprint density at radius 1 is 1.18 bits per heavy atom. The average Bonchev–Trinajstić information content (AvgIpc) is 3.51. The van der Waals surface area contributed by atoms with Crippen LogP contribution in [0.2, 0.25) is 0 Å². The summed E-state index contributed by atoms with van der Waals surface area (Å²) >= 11 is 1.57. The fraction of sp³-hybridized carbons (Fsp3) is 0.429. The van der Waals surface area contributed by atoms with Crippen molar-refractivity contribution in [2.24, 2.45) is 0 Å². The zero-order valence-corrected chi connectivity index (χ0v) is 23.6. The maximum absolute atomic E-state index is 14.0. The molecule has 40 heavy (non-hydrogen) atoms. The van der Waals surface area contributed by atoms with E-state index >= 15 is 0 Å². The van der Waals surface area contributed by atoms with Crippen molar-refractivity contribution >= 4 is 34.3 Å². The first-order valence-electron chi connectivity index (χ1n) is 13.7. The second-order valence-electron chi connectivity index (χ2n) is 10.7. The Labute approximate surface area is 236 Å². The van der Waals surface area contributed by atoms with Crippen molar-refractivity contribution in [2.45, 2.75) is 32.4 Å². The molecule has 0 bridgehead atoms. The van der Waals surface area contributed by atoms with Crippen molar-refractivity contribution in [1.29, 1.82) is 0 Å². The maximum atomic E-state index is 14.0. The lowest BCUT2D eigenvalue weighted by molar-refractivity contribution is 0.0934. The number of hydrogen-bond donors (Lipinski definition) is 2. The van der Waals surface area contributed by atoms with E-state index in [1.165, 1.54) is 18.6 Å². The molecule has 1 amide bonds. The molecule has 12 heteroatoms. The number of carbonyl (C=O) groups excluding carboxylic acids is 1. The van der Waals surface area contributed by atoms with Gasteiger partial charge in [0.25, 0.3) is 5.91 Å². The Hall–Kier alpha value is -3.61. The Morgan fingerprint density at radius 2 is 2.00 bits per heavy atom. The number of nitrogens with one attached hydrogen (secondary N) is 1. The molecule has 2 saturated heterocycles. The predicted octanol–water partition coefficient (Wildman–Crippen LogP) is 3.03. The van der Waals surface area contributed by atoms with E-state index in [0.717, 1.165) is 73.1 Å². The van der Waals surface area contributed by atoms with Crippen molar-refractivity contribution in [3.05, 3.63) is 58.1 Å². The largest absolute Gasteiger partial charge is 0.382 e. The number of carbonyl (C=O) groups is 1. The van der Waals surface area contributed by atoms with Crippen LogP contribution in [-0.2, 0) is 6.54 Å². The van der Waals surface area contributed by atoms with Gasteiger partial charge in [0.2, 0.25) is 5.95 Å². The Bertz CT molecular complexity index is 1530. The SMILES string of the molecule is Cc1cc(CN2CCN(C)CC2)c(C(=O)N[C@@H]2CCCN(c3cc(-c4ccnc(F)c4)n4ncnc(N)c34)C2)s1. The van der Waals surface area contributed by atoms with Crippen LogP contribution >= 0.6 is 11.3 Å². The number of nitrogen functional groups attached to an aromatic ring is 1. The molecule has 6 heterocycles. The van der Waals surface area contributed by atoms with E-state index in [-0.39, 0.29) is 11.9 Å². The molecule has 0 radical (unpaired) electrons. The molecule has 0 aromatic carbocycles. The fourth-order valence-corrected chi connectivity index (χ4v) is 6.67. The average molecular weight is 564 g/mol. The van der Waals surface area contributed by atoms with Crippen LogP contribution in [0.4, 0.5) is 15.9 Å². The Morgan fingerprint density at radius 3 is 2.80 bits per heavy atom. The first-order valence-corrected chi connectivity index (χ1v) is 14.5. The van der Waals surface area contributed by atoms with E-state index in [0.29, 0.717) is 29.1 Å². The van der Waals surface area contributed by atoms with Gasteiger partial charge in [-0.3, -0.25) is 9.69 Å². The van der Waals surface area contributed by atoms with Crippen molar-refractivity contribution in [2.75, 3.05) is 56.9 Å². The summed E-state index contributed by atoms with van der Waals surface area (Å²) in [5.74, 6) is -0.223. The number of pyridine rings is 1. The van der Waals surface area contributed by atoms with Crippen LogP contribution < -0.4 is 16.0 Å². The molecule has 4 aromatic heterocycles. The van der Waals surface area contributed by atoms with Crippen molar-refractivity contribution in [3.63, 3.8) is 0 Å². The number of fused-ring (bicyclic) bond motifs is 1. The molecule has 1 atom stereocenters. The number of hydrogen-bond acceptors (Lipinski definition) is 9. The molecule has 2 fully saturated rings. The number of aromatic nitrogens is 4. The summed E-state index contributed by atoms with van der Waals surface area (Å²) in [5, 5.41) is 7.73. The summed E-state index contributed by atoms with van der Waals surface area (Å²) in [5.41, 5.74) is 10.3. The van der Waals surface area contributed by atoms with E-state index in [1.807, 2.05) is 6.07 Å². The number of piperazine rings is 1. The molecule has 210 valence electrons. The van der Waals surface area contributed by atoms with E-state index < -0.39 is 5.95 Å². The summed E-state index contributed by atoms with van der Waals surface area (Å²) < 4.78 is 15.7. The van der Waals surface area contributed by atoms with Crippen molar-refractivity contribution < 1.29 is 9.18 Å². The van der Waals surface area contributed by atoms with Gasteiger partial charge in [0, 0.05) is 74.6 Å². The highest BCUT2D eigenvalue weighted by atomic mass is 32.1. The summed E-state index contributed by atoms with van der Waals surface area (Å²) in [6.07, 6.45) is 4.63. The van der Waals surface area contributed by atoms with E-state index in [9.17, 15) is 9.18 Å². The van der Waals surface area contributed by atoms with Gasteiger partial charge in [-0.15, -0.1) is 11.3 Å².